The monoisotopic (exact) mass is 242 g/mol. The number of carbonyl (C=O) groups is 2. The number of nitrogens with zero attached hydrogens (tertiary/aromatic N) is 2. The van der Waals surface area contributed by atoms with E-state index < -0.39 is 5.97 Å². The highest BCUT2D eigenvalue weighted by molar-refractivity contribution is 5.76. The Morgan fingerprint density at radius 3 is 2.65 bits per heavy atom. The van der Waals surface area contributed by atoms with Crippen LogP contribution in [0.1, 0.15) is 33.1 Å². The highest BCUT2D eigenvalue weighted by Gasteiger charge is 2.31. The molecule has 1 fully saturated rings. The fourth-order valence-corrected chi connectivity index (χ4v) is 2.35. The maximum Gasteiger partial charge on any atom is 0.320 e. The van der Waals surface area contributed by atoms with Crippen LogP contribution in [-0.4, -0.2) is 53.1 Å². The summed E-state index contributed by atoms with van der Waals surface area (Å²) in [6.45, 7) is 5.50. The van der Waals surface area contributed by atoms with Crippen LogP contribution >= 0.6 is 0 Å². The molecular weight excluding hydrogens is 220 g/mol. The minimum absolute atomic E-state index is 0.0394. The minimum Gasteiger partial charge on any atom is -0.481 e. The summed E-state index contributed by atoms with van der Waals surface area (Å²) >= 11 is 0. The number of likely N-dealkylation sites (tertiary alicyclic amines) is 1. The van der Waals surface area contributed by atoms with Gasteiger partial charge in [0.05, 0.1) is 6.42 Å². The van der Waals surface area contributed by atoms with Gasteiger partial charge in [-0.3, -0.25) is 4.79 Å². The molecule has 5 nitrogen and oxygen atoms in total. The molecule has 17 heavy (non-hydrogen) atoms. The zero-order valence-corrected chi connectivity index (χ0v) is 10.8. The lowest BCUT2D eigenvalue weighted by Gasteiger charge is -2.29. The summed E-state index contributed by atoms with van der Waals surface area (Å²) in [5.41, 5.74) is 0. The van der Waals surface area contributed by atoms with Crippen molar-refractivity contribution in [2.24, 2.45) is 5.92 Å². The van der Waals surface area contributed by atoms with Crippen LogP contribution in [0.15, 0.2) is 0 Å². The van der Waals surface area contributed by atoms with Crippen LogP contribution in [0.2, 0.25) is 0 Å². The minimum atomic E-state index is -0.832. The summed E-state index contributed by atoms with van der Waals surface area (Å²) in [5.74, 6) is -0.411. The number of hydrogen-bond donors (Lipinski definition) is 1. The largest absolute Gasteiger partial charge is 0.481 e. The molecule has 0 saturated carbocycles. The third-order valence-electron chi connectivity index (χ3n) is 3.00. The number of amides is 2. The molecule has 1 heterocycles. The lowest BCUT2D eigenvalue weighted by atomic mass is 10.1. The number of urea groups is 1. The van der Waals surface area contributed by atoms with Crippen molar-refractivity contribution >= 4 is 12.0 Å². The molecule has 98 valence electrons. The Bertz CT molecular complexity index is 291. The molecule has 0 aromatic heterocycles. The number of aliphatic carboxylic acids is 1. The Balaban J connectivity index is 2.57. The Hall–Kier alpha value is -1.26. The van der Waals surface area contributed by atoms with Crippen molar-refractivity contribution in [2.45, 2.75) is 39.2 Å². The van der Waals surface area contributed by atoms with Gasteiger partial charge in [0.1, 0.15) is 0 Å². The first-order chi connectivity index (χ1) is 7.91. The average Bonchev–Trinajstić information content (AvgIpc) is 2.62. The van der Waals surface area contributed by atoms with Crippen LogP contribution in [0.3, 0.4) is 0 Å². The molecule has 1 atom stereocenters. The van der Waals surface area contributed by atoms with E-state index in [1.165, 1.54) is 0 Å². The maximum atomic E-state index is 12.1. The van der Waals surface area contributed by atoms with Gasteiger partial charge in [0.15, 0.2) is 0 Å². The van der Waals surface area contributed by atoms with Crippen molar-refractivity contribution in [3.63, 3.8) is 0 Å². The van der Waals surface area contributed by atoms with Crippen molar-refractivity contribution in [2.75, 3.05) is 20.1 Å². The van der Waals surface area contributed by atoms with Gasteiger partial charge in [-0.2, -0.15) is 0 Å². The Labute approximate surface area is 102 Å². The van der Waals surface area contributed by atoms with Crippen LogP contribution in [0.25, 0.3) is 0 Å². The molecule has 1 saturated heterocycles. The Morgan fingerprint density at radius 2 is 2.12 bits per heavy atom. The van der Waals surface area contributed by atoms with Gasteiger partial charge in [0.25, 0.3) is 0 Å². The molecule has 0 spiro atoms. The number of carboxylic acids is 1. The first kappa shape index (κ1) is 13.8. The van der Waals surface area contributed by atoms with Crippen molar-refractivity contribution in [1.29, 1.82) is 0 Å². The van der Waals surface area contributed by atoms with Crippen LogP contribution in [0, 0.1) is 5.92 Å². The van der Waals surface area contributed by atoms with E-state index >= 15 is 0 Å². The van der Waals surface area contributed by atoms with Crippen LogP contribution in [-0.2, 0) is 4.79 Å². The number of carbonyl (C=O) groups excluding carboxylic acids is 1. The van der Waals surface area contributed by atoms with Gasteiger partial charge >= 0.3 is 12.0 Å². The van der Waals surface area contributed by atoms with Gasteiger partial charge in [-0.15, -0.1) is 0 Å². The van der Waals surface area contributed by atoms with E-state index in [0.717, 1.165) is 12.8 Å². The van der Waals surface area contributed by atoms with E-state index in [9.17, 15) is 9.59 Å². The first-order valence-electron chi connectivity index (χ1n) is 6.15. The quantitative estimate of drug-likeness (QED) is 0.815. The molecule has 5 heteroatoms. The summed E-state index contributed by atoms with van der Waals surface area (Å²) in [7, 11) is 1.78. The summed E-state index contributed by atoms with van der Waals surface area (Å²) in [4.78, 5) is 26.2. The number of rotatable bonds is 4. The predicted octanol–water partition coefficient (Wildman–Crippen LogP) is 1.63. The normalized spacial score (nSPS) is 19.8. The molecule has 1 N–H and O–H groups in total. The SMILES string of the molecule is CC(C)CN(C)C(=O)N1CCCC1CC(=O)O. The molecule has 0 aromatic rings. The molecule has 1 aliphatic rings. The Kier molecular flexibility index (Phi) is 4.78. The fraction of sp³-hybridized carbons (Fsp3) is 0.833. The highest BCUT2D eigenvalue weighted by Crippen LogP contribution is 2.21. The number of carboxylic acid groups (broad SMARTS) is 1. The van der Waals surface area contributed by atoms with Crippen LogP contribution in [0.4, 0.5) is 4.79 Å². The summed E-state index contributed by atoms with van der Waals surface area (Å²) in [6.07, 6.45) is 1.76. The van der Waals surface area contributed by atoms with E-state index in [2.05, 4.69) is 13.8 Å². The van der Waals surface area contributed by atoms with Crippen LogP contribution < -0.4 is 0 Å². The zero-order chi connectivity index (χ0) is 13.0. The third-order valence-corrected chi connectivity index (χ3v) is 3.00. The Morgan fingerprint density at radius 1 is 1.47 bits per heavy atom. The second kappa shape index (κ2) is 5.89. The topological polar surface area (TPSA) is 60.9 Å². The molecule has 0 aromatic carbocycles. The highest BCUT2D eigenvalue weighted by atomic mass is 16.4. The van der Waals surface area contributed by atoms with E-state index in [4.69, 9.17) is 5.11 Å². The van der Waals surface area contributed by atoms with Crippen LogP contribution in [0.5, 0.6) is 0 Å². The van der Waals surface area contributed by atoms with Crippen molar-refractivity contribution in [3.05, 3.63) is 0 Å². The smallest absolute Gasteiger partial charge is 0.320 e. The lowest BCUT2D eigenvalue weighted by Crippen LogP contribution is -2.45. The molecule has 2 amide bonds. The fourth-order valence-electron chi connectivity index (χ4n) is 2.35. The van der Waals surface area contributed by atoms with Gasteiger partial charge in [-0.05, 0) is 18.8 Å². The molecule has 0 aliphatic carbocycles. The first-order valence-corrected chi connectivity index (χ1v) is 6.15. The zero-order valence-electron chi connectivity index (χ0n) is 10.8. The molecule has 0 bridgehead atoms. The molecule has 1 unspecified atom stereocenters. The van der Waals surface area contributed by atoms with Crippen molar-refractivity contribution in [1.82, 2.24) is 9.80 Å². The lowest BCUT2D eigenvalue weighted by molar-refractivity contribution is -0.138. The molecule has 1 rings (SSSR count). The van der Waals surface area contributed by atoms with Gasteiger partial charge in [0, 0.05) is 26.2 Å². The maximum absolute atomic E-state index is 12.1. The second-order valence-corrected chi connectivity index (χ2v) is 5.14. The number of hydrogen-bond acceptors (Lipinski definition) is 2. The summed E-state index contributed by atoms with van der Waals surface area (Å²) in [6, 6.07) is -0.169. The molecule has 0 radical (unpaired) electrons. The van der Waals surface area contributed by atoms with Crippen molar-refractivity contribution < 1.29 is 14.7 Å². The standard InChI is InChI=1S/C12H22N2O3/c1-9(2)8-13(3)12(17)14-6-4-5-10(14)7-11(15)16/h9-10H,4-8H2,1-3H3,(H,15,16). The predicted molar refractivity (Wildman–Crippen MR) is 64.8 cm³/mol. The van der Waals surface area contributed by atoms with E-state index in [-0.39, 0.29) is 18.5 Å². The van der Waals surface area contributed by atoms with Gasteiger partial charge in [-0.1, -0.05) is 13.8 Å². The second-order valence-electron chi connectivity index (χ2n) is 5.14. The summed E-state index contributed by atoms with van der Waals surface area (Å²) in [5, 5.41) is 8.81. The van der Waals surface area contributed by atoms with Gasteiger partial charge in [0.2, 0.25) is 0 Å². The van der Waals surface area contributed by atoms with E-state index in [0.29, 0.717) is 19.0 Å². The average molecular weight is 242 g/mol. The molecular formula is C12H22N2O3. The van der Waals surface area contributed by atoms with E-state index in [1.807, 2.05) is 0 Å². The summed E-state index contributed by atoms with van der Waals surface area (Å²) < 4.78 is 0. The van der Waals surface area contributed by atoms with E-state index in [1.54, 1.807) is 16.8 Å². The van der Waals surface area contributed by atoms with Crippen molar-refractivity contribution in [3.8, 4) is 0 Å². The molecule has 1 aliphatic heterocycles. The third kappa shape index (κ3) is 3.91. The van der Waals surface area contributed by atoms with Gasteiger partial charge in [-0.25, -0.2) is 4.79 Å². The van der Waals surface area contributed by atoms with Gasteiger partial charge < -0.3 is 14.9 Å².